The third-order valence-corrected chi connectivity index (χ3v) is 3.77. The fraction of sp³-hybridized carbons (Fsp3) is 0.143. The minimum Gasteiger partial charge on any atom is -0.480 e. The molecule has 0 aliphatic carbocycles. The largest absolute Gasteiger partial charge is 0.480 e. The minimum absolute atomic E-state index is 0.213. The Morgan fingerprint density at radius 1 is 1.36 bits per heavy atom. The van der Waals surface area contributed by atoms with Gasteiger partial charge in [-0.25, -0.2) is 15.0 Å². The number of carboxylic acids is 1. The molecule has 0 unspecified atom stereocenters. The van der Waals surface area contributed by atoms with Gasteiger partial charge in [-0.2, -0.15) is 0 Å². The van der Waals surface area contributed by atoms with Gasteiger partial charge >= 0.3 is 5.97 Å². The molecule has 22 heavy (non-hydrogen) atoms. The molecule has 0 aliphatic heterocycles. The molecular weight excluding hydrogens is 397 g/mol. The van der Waals surface area contributed by atoms with Crippen molar-refractivity contribution in [2.45, 2.75) is 13.0 Å². The minimum atomic E-state index is -0.962. The van der Waals surface area contributed by atoms with Crippen molar-refractivity contribution in [2.24, 2.45) is 0 Å². The van der Waals surface area contributed by atoms with Crippen LogP contribution in [0.1, 0.15) is 11.4 Å². The highest BCUT2D eigenvalue weighted by Crippen LogP contribution is 2.18. The lowest BCUT2D eigenvalue weighted by Gasteiger charge is -2.05. The normalized spacial score (nSPS) is 11.0. The van der Waals surface area contributed by atoms with E-state index in [-0.39, 0.29) is 12.4 Å². The molecule has 3 N–H and O–H groups in total. The molecule has 3 rings (SSSR count). The maximum Gasteiger partial charge on any atom is 0.323 e. The van der Waals surface area contributed by atoms with Gasteiger partial charge in [0.25, 0.3) is 0 Å². The molecule has 0 bridgehead atoms. The first kappa shape index (κ1) is 14.7. The average Bonchev–Trinajstić information content (AvgIpc) is 2.82. The number of aromatic nitrogens is 4. The second kappa shape index (κ2) is 5.87. The van der Waals surface area contributed by atoms with Crippen molar-refractivity contribution >= 4 is 45.5 Å². The summed E-state index contributed by atoms with van der Waals surface area (Å²) in [5.41, 5.74) is 7.84. The van der Waals surface area contributed by atoms with Gasteiger partial charge in [-0.3, -0.25) is 4.79 Å². The number of nitrogens with zero attached hydrogens (tertiary/aromatic N) is 4. The van der Waals surface area contributed by atoms with Gasteiger partial charge in [-0.1, -0.05) is 12.1 Å². The number of hydrogen-bond donors (Lipinski definition) is 2. The van der Waals surface area contributed by atoms with Crippen LogP contribution in [0.25, 0.3) is 11.2 Å². The molecule has 1 aromatic carbocycles. The van der Waals surface area contributed by atoms with E-state index in [9.17, 15) is 4.79 Å². The Kier molecular flexibility index (Phi) is 3.92. The van der Waals surface area contributed by atoms with E-state index in [0.29, 0.717) is 23.4 Å². The van der Waals surface area contributed by atoms with E-state index in [1.165, 1.54) is 10.9 Å². The summed E-state index contributed by atoms with van der Waals surface area (Å²) in [5.74, 6) is -0.162. The predicted molar refractivity (Wildman–Crippen MR) is 89.3 cm³/mol. The van der Waals surface area contributed by atoms with E-state index in [4.69, 9.17) is 10.8 Å². The Hall–Kier alpha value is -2.23. The molecule has 112 valence electrons. The van der Waals surface area contributed by atoms with Crippen molar-refractivity contribution in [2.75, 3.05) is 5.73 Å². The Labute approximate surface area is 139 Å². The fourth-order valence-electron chi connectivity index (χ4n) is 2.18. The summed E-state index contributed by atoms with van der Waals surface area (Å²) >= 11 is 2.24. The standard InChI is InChI=1S/C14H12IN5O2/c15-9-3-1-2-8(4-9)5-10-18-13(16)12-14(19-10)20(7-17-12)6-11(21)22/h1-4,7H,5-6H2,(H,21,22)(H2,16,18,19). The average molecular weight is 409 g/mol. The van der Waals surface area contributed by atoms with Crippen molar-refractivity contribution in [3.8, 4) is 0 Å². The van der Waals surface area contributed by atoms with E-state index < -0.39 is 5.97 Å². The number of aliphatic carboxylic acids is 1. The van der Waals surface area contributed by atoms with E-state index in [1.807, 2.05) is 24.3 Å². The van der Waals surface area contributed by atoms with E-state index in [2.05, 4.69) is 37.5 Å². The molecular formula is C14H12IN5O2. The van der Waals surface area contributed by atoms with Crippen LogP contribution in [0, 0.1) is 3.57 Å². The Morgan fingerprint density at radius 3 is 2.91 bits per heavy atom. The maximum absolute atomic E-state index is 10.9. The van der Waals surface area contributed by atoms with Crippen LogP contribution in [0.15, 0.2) is 30.6 Å². The number of nitrogens with two attached hydrogens (primary N) is 1. The van der Waals surface area contributed by atoms with E-state index in [1.54, 1.807) is 0 Å². The molecule has 0 saturated carbocycles. The summed E-state index contributed by atoms with van der Waals surface area (Å²) < 4.78 is 2.58. The summed E-state index contributed by atoms with van der Waals surface area (Å²) in [4.78, 5) is 23.6. The number of anilines is 1. The predicted octanol–water partition coefficient (Wildman–Crippen LogP) is 1.69. The molecule has 0 radical (unpaired) electrons. The number of imidazole rings is 1. The Morgan fingerprint density at radius 2 is 2.18 bits per heavy atom. The summed E-state index contributed by atoms with van der Waals surface area (Å²) in [7, 11) is 0. The molecule has 0 spiro atoms. The molecule has 0 aliphatic rings. The first-order valence-corrected chi connectivity index (χ1v) is 7.54. The fourth-order valence-corrected chi connectivity index (χ4v) is 2.79. The lowest BCUT2D eigenvalue weighted by molar-refractivity contribution is -0.137. The summed E-state index contributed by atoms with van der Waals surface area (Å²) in [6.07, 6.45) is 1.94. The molecule has 0 saturated heterocycles. The molecule has 0 amide bonds. The molecule has 0 fully saturated rings. The van der Waals surface area contributed by atoms with Crippen molar-refractivity contribution < 1.29 is 9.90 Å². The third-order valence-electron chi connectivity index (χ3n) is 3.09. The number of carbonyl (C=O) groups is 1. The number of fused-ring (bicyclic) bond motifs is 1. The van der Waals surface area contributed by atoms with E-state index in [0.717, 1.165) is 9.13 Å². The van der Waals surface area contributed by atoms with E-state index >= 15 is 0 Å². The summed E-state index contributed by atoms with van der Waals surface area (Å²) in [6.45, 7) is -0.213. The van der Waals surface area contributed by atoms with Gasteiger partial charge in [-0.05, 0) is 40.3 Å². The van der Waals surface area contributed by atoms with Gasteiger partial charge < -0.3 is 15.4 Å². The van der Waals surface area contributed by atoms with Crippen LogP contribution < -0.4 is 5.73 Å². The van der Waals surface area contributed by atoms with Crippen LogP contribution in [-0.4, -0.2) is 30.6 Å². The molecule has 7 nitrogen and oxygen atoms in total. The lowest BCUT2D eigenvalue weighted by atomic mass is 10.1. The van der Waals surface area contributed by atoms with Crippen LogP contribution in [0.3, 0.4) is 0 Å². The first-order chi connectivity index (χ1) is 10.5. The highest BCUT2D eigenvalue weighted by atomic mass is 127. The molecule has 8 heteroatoms. The van der Waals surface area contributed by atoms with Crippen molar-refractivity contribution in [1.82, 2.24) is 19.5 Å². The quantitative estimate of drug-likeness (QED) is 0.636. The number of halogens is 1. The maximum atomic E-state index is 10.9. The van der Waals surface area contributed by atoms with Gasteiger partial charge in [-0.15, -0.1) is 0 Å². The van der Waals surface area contributed by atoms with Crippen molar-refractivity contribution in [3.05, 3.63) is 45.6 Å². The Bertz CT molecular complexity index is 862. The van der Waals surface area contributed by atoms with Crippen LogP contribution in [0.2, 0.25) is 0 Å². The Balaban J connectivity index is 2.01. The SMILES string of the molecule is Nc1nc(Cc2cccc(I)c2)nc2c1ncn2CC(=O)O. The molecule has 0 atom stereocenters. The molecule has 2 aromatic heterocycles. The van der Waals surface area contributed by atoms with Gasteiger partial charge in [0, 0.05) is 9.99 Å². The number of hydrogen-bond acceptors (Lipinski definition) is 5. The first-order valence-electron chi connectivity index (χ1n) is 6.46. The third kappa shape index (κ3) is 3.01. The molecule has 2 heterocycles. The van der Waals surface area contributed by atoms with Crippen molar-refractivity contribution in [3.63, 3.8) is 0 Å². The number of nitrogen functional groups attached to an aromatic ring is 1. The number of benzene rings is 1. The molecule has 3 aromatic rings. The van der Waals surface area contributed by atoms with Gasteiger partial charge in [0.15, 0.2) is 11.5 Å². The highest BCUT2D eigenvalue weighted by Gasteiger charge is 2.13. The van der Waals surface area contributed by atoms with Crippen LogP contribution in [0.4, 0.5) is 5.82 Å². The van der Waals surface area contributed by atoms with Crippen LogP contribution >= 0.6 is 22.6 Å². The van der Waals surface area contributed by atoms with Crippen LogP contribution in [-0.2, 0) is 17.8 Å². The zero-order valence-corrected chi connectivity index (χ0v) is 13.6. The van der Waals surface area contributed by atoms with Gasteiger partial charge in [0.05, 0.1) is 6.33 Å². The number of carboxylic acid groups (broad SMARTS) is 1. The topological polar surface area (TPSA) is 107 Å². The zero-order valence-electron chi connectivity index (χ0n) is 11.4. The lowest BCUT2D eigenvalue weighted by Crippen LogP contribution is -2.10. The summed E-state index contributed by atoms with van der Waals surface area (Å²) in [5, 5.41) is 8.92. The smallest absolute Gasteiger partial charge is 0.323 e. The van der Waals surface area contributed by atoms with Gasteiger partial charge in [0.1, 0.15) is 17.9 Å². The number of rotatable bonds is 4. The van der Waals surface area contributed by atoms with Crippen molar-refractivity contribution in [1.29, 1.82) is 0 Å². The second-order valence-electron chi connectivity index (χ2n) is 4.77. The summed E-state index contributed by atoms with van der Waals surface area (Å²) in [6, 6.07) is 8.00. The van der Waals surface area contributed by atoms with Gasteiger partial charge in [0.2, 0.25) is 0 Å². The monoisotopic (exact) mass is 409 g/mol. The van der Waals surface area contributed by atoms with Crippen LogP contribution in [0.5, 0.6) is 0 Å². The highest BCUT2D eigenvalue weighted by molar-refractivity contribution is 14.1. The second-order valence-corrected chi connectivity index (χ2v) is 6.02. The zero-order chi connectivity index (χ0) is 15.7.